The second-order valence-electron chi connectivity index (χ2n) is 4.36. The van der Waals surface area contributed by atoms with Crippen molar-refractivity contribution in [1.29, 1.82) is 0 Å². The van der Waals surface area contributed by atoms with E-state index >= 15 is 0 Å². The predicted octanol–water partition coefficient (Wildman–Crippen LogP) is 3.18. The first-order chi connectivity index (χ1) is 7.33. The van der Waals surface area contributed by atoms with E-state index in [0.717, 1.165) is 19.3 Å². The zero-order valence-corrected chi connectivity index (χ0v) is 9.80. The van der Waals surface area contributed by atoms with Gasteiger partial charge in [0.1, 0.15) is 0 Å². The average molecular weight is 209 g/mol. The summed E-state index contributed by atoms with van der Waals surface area (Å²) in [6.45, 7) is 2.23. The van der Waals surface area contributed by atoms with Gasteiger partial charge in [-0.3, -0.25) is 4.79 Å². The van der Waals surface area contributed by atoms with Crippen molar-refractivity contribution in [2.45, 2.75) is 64.3 Å². The summed E-state index contributed by atoms with van der Waals surface area (Å²) in [5.74, 6) is 0.219. The van der Waals surface area contributed by atoms with Crippen molar-refractivity contribution < 1.29 is 4.79 Å². The van der Waals surface area contributed by atoms with E-state index in [-0.39, 0.29) is 5.91 Å². The minimum Gasteiger partial charge on any atom is -0.353 e. The van der Waals surface area contributed by atoms with Crippen molar-refractivity contribution >= 4 is 5.91 Å². The fourth-order valence-corrected chi connectivity index (χ4v) is 1.92. The van der Waals surface area contributed by atoms with E-state index in [1.165, 1.54) is 32.1 Å². The molecule has 1 saturated heterocycles. The Morgan fingerprint density at radius 1 is 1.33 bits per heavy atom. The Labute approximate surface area is 93.1 Å². The van der Waals surface area contributed by atoms with Crippen molar-refractivity contribution in [1.82, 2.24) is 5.32 Å². The fourth-order valence-electron chi connectivity index (χ4n) is 1.92. The minimum atomic E-state index is 0.219. The molecule has 0 aliphatic carbocycles. The quantitative estimate of drug-likeness (QED) is 0.506. The van der Waals surface area contributed by atoms with Crippen molar-refractivity contribution in [2.24, 2.45) is 0 Å². The zero-order valence-electron chi connectivity index (χ0n) is 9.80. The predicted molar refractivity (Wildman–Crippen MR) is 63.7 cm³/mol. The van der Waals surface area contributed by atoms with E-state index in [2.05, 4.69) is 24.4 Å². The third-order valence-electron chi connectivity index (χ3n) is 2.90. The lowest BCUT2D eigenvalue weighted by Crippen LogP contribution is -2.24. The molecule has 1 aliphatic rings. The number of hydrogen-bond donors (Lipinski definition) is 1. The van der Waals surface area contributed by atoms with Crippen LogP contribution in [0.1, 0.15) is 58.3 Å². The number of rotatable bonds is 7. The lowest BCUT2D eigenvalue weighted by molar-refractivity contribution is -0.119. The van der Waals surface area contributed by atoms with Crippen LogP contribution in [0.4, 0.5) is 0 Å². The van der Waals surface area contributed by atoms with E-state index in [1.807, 2.05) is 0 Å². The summed E-state index contributed by atoms with van der Waals surface area (Å²) < 4.78 is 0. The molecule has 0 aromatic carbocycles. The minimum absolute atomic E-state index is 0.219. The summed E-state index contributed by atoms with van der Waals surface area (Å²) in [6, 6.07) is 0.407. The van der Waals surface area contributed by atoms with E-state index in [4.69, 9.17) is 0 Å². The highest BCUT2D eigenvalue weighted by Crippen LogP contribution is 2.11. The normalized spacial score (nSPS) is 21.1. The SMILES string of the molecule is CCCCCC/C=C\C[C@H]1CCC(=O)N1. The molecule has 15 heavy (non-hydrogen) atoms. The largest absolute Gasteiger partial charge is 0.353 e. The maximum Gasteiger partial charge on any atom is 0.220 e. The van der Waals surface area contributed by atoms with Gasteiger partial charge in [0.05, 0.1) is 0 Å². The van der Waals surface area contributed by atoms with Gasteiger partial charge in [-0.15, -0.1) is 0 Å². The van der Waals surface area contributed by atoms with Gasteiger partial charge in [0.15, 0.2) is 0 Å². The van der Waals surface area contributed by atoms with Gasteiger partial charge in [-0.25, -0.2) is 0 Å². The zero-order chi connectivity index (χ0) is 10.9. The molecule has 1 heterocycles. The Morgan fingerprint density at radius 3 is 2.87 bits per heavy atom. The third kappa shape index (κ3) is 5.60. The molecule has 1 atom stereocenters. The number of carbonyl (C=O) groups is 1. The van der Waals surface area contributed by atoms with Crippen molar-refractivity contribution in [3.8, 4) is 0 Å². The van der Waals surface area contributed by atoms with Gasteiger partial charge in [-0.05, 0) is 25.7 Å². The molecule has 1 rings (SSSR count). The van der Waals surface area contributed by atoms with Crippen LogP contribution in [-0.4, -0.2) is 11.9 Å². The molecule has 1 fully saturated rings. The Bertz CT molecular complexity index is 211. The van der Waals surface area contributed by atoms with E-state index in [0.29, 0.717) is 6.04 Å². The van der Waals surface area contributed by atoms with Crippen molar-refractivity contribution in [2.75, 3.05) is 0 Å². The summed E-state index contributed by atoms with van der Waals surface area (Å²) in [5, 5.41) is 2.97. The molecule has 86 valence electrons. The van der Waals surface area contributed by atoms with Crippen LogP contribution in [0, 0.1) is 0 Å². The highest BCUT2D eigenvalue weighted by molar-refractivity contribution is 5.78. The standard InChI is InChI=1S/C13H23NO/c1-2-3-4-5-6-7-8-9-12-10-11-13(15)14-12/h7-8,12H,2-6,9-11H2,1H3,(H,14,15)/b8-7-/t12-/m0/s1. The molecule has 0 unspecified atom stereocenters. The van der Waals surface area contributed by atoms with Crippen LogP contribution >= 0.6 is 0 Å². The van der Waals surface area contributed by atoms with Crippen LogP contribution in [0.5, 0.6) is 0 Å². The topological polar surface area (TPSA) is 29.1 Å². The fraction of sp³-hybridized carbons (Fsp3) is 0.769. The van der Waals surface area contributed by atoms with Gasteiger partial charge in [-0.1, -0.05) is 38.3 Å². The third-order valence-corrected chi connectivity index (χ3v) is 2.90. The Morgan fingerprint density at radius 2 is 2.20 bits per heavy atom. The number of hydrogen-bond acceptors (Lipinski definition) is 1. The summed E-state index contributed by atoms with van der Waals surface area (Å²) >= 11 is 0. The van der Waals surface area contributed by atoms with Crippen LogP contribution in [0.2, 0.25) is 0 Å². The first-order valence-electron chi connectivity index (χ1n) is 6.27. The molecule has 0 aromatic rings. The van der Waals surface area contributed by atoms with Gasteiger partial charge >= 0.3 is 0 Å². The molecule has 0 aromatic heterocycles. The lowest BCUT2D eigenvalue weighted by Gasteiger charge is -2.04. The molecule has 1 aliphatic heterocycles. The molecule has 0 spiro atoms. The van der Waals surface area contributed by atoms with Crippen LogP contribution in [0.3, 0.4) is 0 Å². The number of allylic oxidation sites excluding steroid dienone is 1. The van der Waals surface area contributed by atoms with Crippen LogP contribution in [-0.2, 0) is 4.79 Å². The molecule has 0 saturated carbocycles. The maximum absolute atomic E-state index is 10.9. The Kier molecular flexibility index (Phi) is 6.14. The summed E-state index contributed by atoms with van der Waals surface area (Å²) in [6.07, 6.45) is 13.7. The van der Waals surface area contributed by atoms with Gasteiger partial charge in [0, 0.05) is 12.5 Å². The number of carbonyl (C=O) groups excluding carboxylic acids is 1. The van der Waals surface area contributed by atoms with Crippen molar-refractivity contribution in [3.05, 3.63) is 12.2 Å². The van der Waals surface area contributed by atoms with E-state index in [9.17, 15) is 4.79 Å². The molecule has 2 heteroatoms. The second kappa shape index (κ2) is 7.49. The molecular formula is C13H23NO. The van der Waals surface area contributed by atoms with Gasteiger partial charge in [-0.2, -0.15) is 0 Å². The summed E-state index contributed by atoms with van der Waals surface area (Å²) in [7, 11) is 0. The van der Waals surface area contributed by atoms with Gasteiger partial charge in [0.25, 0.3) is 0 Å². The number of unbranched alkanes of at least 4 members (excludes halogenated alkanes) is 4. The smallest absolute Gasteiger partial charge is 0.220 e. The van der Waals surface area contributed by atoms with Crippen LogP contribution in [0.15, 0.2) is 12.2 Å². The first kappa shape index (κ1) is 12.3. The van der Waals surface area contributed by atoms with E-state index in [1.54, 1.807) is 0 Å². The van der Waals surface area contributed by atoms with Gasteiger partial charge < -0.3 is 5.32 Å². The first-order valence-corrected chi connectivity index (χ1v) is 6.27. The lowest BCUT2D eigenvalue weighted by atomic mass is 10.1. The highest BCUT2D eigenvalue weighted by Gasteiger charge is 2.18. The molecule has 0 radical (unpaired) electrons. The van der Waals surface area contributed by atoms with Gasteiger partial charge in [0.2, 0.25) is 5.91 Å². The average Bonchev–Trinajstić information content (AvgIpc) is 2.63. The molecule has 1 N–H and O–H groups in total. The Hall–Kier alpha value is -0.790. The van der Waals surface area contributed by atoms with Crippen LogP contribution in [0.25, 0.3) is 0 Å². The maximum atomic E-state index is 10.9. The Balaban J connectivity index is 1.95. The second-order valence-corrected chi connectivity index (χ2v) is 4.36. The molecular weight excluding hydrogens is 186 g/mol. The number of amides is 1. The molecule has 0 bridgehead atoms. The van der Waals surface area contributed by atoms with Crippen LogP contribution < -0.4 is 5.32 Å². The highest BCUT2D eigenvalue weighted by atomic mass is 16.1. The summed E-state index contributed by atoms with van der Waals surface area (Å²) in [5.41, 5.74) is 0. The number of nitrogens with one attached hydrogen (secondary N) is 1. The van der Waals surface area contributed by atoms with E-state index < -0.39 is 0 Å². The monoisotopic (exact) mass is 209 g/mol. The summed E-state index contributed by atoms with van der Waals surface area (Å²) in [4.78, 5) is 10.9. The molecule has 2 nitrogen and oxygen atoms in total. The van der Waals surface area contributed by atoms with Crippen molar-refractivity contribution in [3.63, 3.8) is 0 Å². The molecule has 1 amide bonds.